The van der Waals surface area contributed by atoms with E-state index >= 15 is 0 Å². The number of rotatable bonds is 4. The first kappa shape index (κ1) is 13.8. The molecule has 3 heterocycles. The topological polar surface area (TPSA) is 32.3 Å². The highest BCUT2D eigenvalue weighted by atomic mass is 15.2. The van der Waals surface area contributed by atoms with Crippen molar-refractivity contribution in [2.24, 2.45) is 0 Å². The zero-order valence-electron chi connectivity index (χ0n) is 12.2. The molecule has 0 radical (unpaired) electrons. The van der Waals surface area contributed by atoms with Crippen LogP contribution in [-0.4, -0.2) is 34.5 Å². The van der Waals surface area contributed by atoms with Crippen molar-refractivity contribution >= 4 is 5.82 Å². The van der Waals surface area contributed by atoms with Crippen LogP contribution in [0, 0.1) is 0 Å². The molecule has 0 aromatic carbocycles. The van der Waals surface area contributed by atoms with E-state index in [0.29, 0.717) is 0 Å². The number of fused-ring (bicyclic) bond motifs is 1. The fourth-order valence-corrected chi connectivity index (χ4v) is 2.74. The molecule has 0 saturated heterocycles. The SMILES string of the molecule is C=CCN1CCN(Cc2ccncc2)Cc2cccnc21. The predicted molar refractivity (Wildman–Crippen MR) is 85.0 cm³/mol. The van der Waals surface area contributed by atoms with Crippen LogP contribution in [-0.2, 0) is 13.1 Å². The second-order valence-electron chi connectivity index (χ2n) is 5.29. The lowest BCUT2D eigenvalue weighted by atomic mass is 10.2. The van der Waals surface area contributed by atoms with E-state index in [2.05, 4.69) is 44.5 Å². The second-order valence-corrected chi connectivity index (χ2v) is 5.29. The van der Waals surface area contributed by atoms with Gasteiger partial charge in [0.15, 0.2) is 0 Å². The van der Waals surface area contributed by atoms with Gasteiger partial charge in [-0.25, -0.2) is 4.98 Å². The minimum atomic E-state index is 0.840. The zero-order valence-corrected chi connectivity index (χ0v) is 12.2. The number of pyridine rings is 2. The Balaban J connectivity index is 1.80. The predicted octanol–water partition coefficient (Wildman–Crippen LogP) is 2.48. The van der Waals surface area contributed by atoms with E-state index in [1.54, 1.807) is 0 Å². The van der Waals surface area contributed by atoms with Crippen LogP contribution in [0.25, 0.3) is 0 Å². The van der Waals surface area contributed by atoms with Crippen molar-refractivity contribution in [3.05, 3.63) is 66.6 Å². The van der Waals surface area contributed by atoms with E-state index in [4.69, 9.17) is 0 Å². The Morgan fingerprint density at radius 2 is 2.00 bits per heavy atom. The molecule has 1 aliphatic rings. The minimum Gasteiger partial charge on any atom is -0.351 e. The van der Waals surface area contributed by atoms with Crippen molar-refractivity contribution in [3.63, 3.8) is 0 Å². The lowest BCUT2D eigenvalue weighted by molar-refractivity contribution is 0.269. The molecule has 0 fully saturated rings. The number of hydrogen-bond acceptors (Lipinski definition) is 4. The first-order valence-electron chi connectivity index (χ1n) is 7.28. The van der Waals surface area contributed by atoms with E-state index in [9.17, 15) is 0 Å². The van der Waals surface area contributed by atoms with E-state index in [1.165, 1.54) is 11.1 Å². The highest BCUT2D eigenvalue weighted by Gasteiger charge is 2.19. The molecule has 0 bridgehead atoms. The summed E-state index contributed by atoms with van der Waals surface area (Å²) in [6, 6.07) is 8.34. The molecule has 0 amide bonds. The third-order valence-corrected chi connectivity index (χ3v) is 3.75. The van der Waals surface area contributed by atoms with Gasteiger partial charge in [-0.2, -0.15) is 0 Å². The molecule has 3 rings (SSSR count). The van der Waals surface area contributed by atoms with Gasteiger partial charge in [0.25, 0.3) is 0 Å². The third-order valence-electron chi connectivity index (χ3n) is 3.75. The number of hydrogen-bond donors (Lipinski definition) is 0. The van der Waals surface area contributed by atoms with Crippen molar-refractivity contribution in [1.82, 2.24) is 14.9 Å². The second kappa shape index (κ2) is 6.50. The fourth-order valence-electron chi connectivity index (χ4n) is 2.74. The quantitative estimate of drug-likeness (QED) is 0.805. The molecular weight excluding hydrogens is 260 g/mol. The Hall–Kier alpha value is -2.20. The maximum Gasteiger partial charge on any atom is 0.133 e. The molecular formula is C17H20N4. The number of nitrogens with zero attached hydrogens (tertiary/aromatic N) is 4. The molecule has 0 atom stereocenters. The Morgan fingerprint density at radius 3 is 2.81 bits per heavy atom. The van der Waals surface area contributed by atoms with Gasteiger partial charge in [-0.15, -0.1) is 6.58 Å². The first-order chi connectivity index (χ1) is 10.4. The molecule has 2 aromatic heterocycles. The van der Waals surface area contributed by atoms with Gasteiger partial charge < -0.3 is 4.90 Å². The van der Waals surface area contributed by atoms with E-state index in [1.807, 2.05) is 30.7 Å². The Labute approximate surface area is 125 Å². The monoisotopic (exact) mass is 280 g/mol. The Morgan fingerprint density at radius 1 is 1.14 bits per heavy atom. The minimum absolute atomic E-state index is 0.840. The molecule has 4 heteroatoms. The number of aromatic nitrogens is 2. The largest absolute Gasteiger partial charge is 0.351 e. The highest BCUT2D eigenvalue weighted by Crippen LogP contribution is 2.23. The van der Waals surface area contributed by atoms with Crippen molar-refractivity contribution < 1.29 is 0 Å². The lowest BCUT2D eigenvalue weighted by Crippen LogP contribution is -2.31. The van der Waals surface area contributed by atoms with Gasteiger partial charge in [-0.3, -0.25) is 9.88 Å². The maximum atomic E-state index is 4.56. The van der Waals surface area contributed by atoms with E-state index < -0.39 is 0 Å². The standard InChI is InChI=1S/C17H20N4/c1-2-10-21-12-11-20(13-15-5-8-18-9-6-15)14-16-4-3-7-19-17(16)21/h2-9H,1,10-14H2. The van der Waals surface area contributed by atoms with Crippen LogP contribution in [0.1, 0.15) is 11.1 Å². The van der Waals surface area contributed by atoms with Gasteiger partial charge in [0.2, 0.25) is 0 Å². The molecule has 0 N–H and O–H groups in total. The summed E-state index contributed by atoms with van der Waals surface area (Å²) in [5, 5.41) is 0. The van der Waals surface area contributed by atoms with Crippen LogP contribution in [0.5, 0.6) is 0 Å². The van der Waals surface area contributed by atoms with Crippen LogP contribution < -0.4 is 4.90 Å². The average molecular weight is 280 g/mol. The van der Waals surface area contributed by atoms with Gasteiger partial charge in [-0.1, -0.05) is 12.1 Å². The molecule has 21 heavy (non-hydrogen) atoms. The van der Waals surface area contributed by atoms with Crippen molar-refractivity contribution in [1.29, 1.82) is 0 Å². The molecule has 0 spiro atoms. The van der Waals surface area contributed by atoms with Gasteiger partial charge in [0.1, 0.15) is 5.82 Å². The third kappa shape index (κ3) is 3.28. The molecule has 108 valence electrons. The average Bonchev–Trinajstić information content (AvgIpc) is 2.69. The molecule has 2 aromatic rings. The van der Waals surface area contributed by atoms with Crippen molar-refractivity contribution in [2.75, 3.05) is 24.5 Å². The highest BCUT2D eigenvalue weighted by molar-refractivity contribution is 5.48. The van der Waals surface area contributed by atoms with Crippen LogP contribution in [0.2, 0.25) is 0 Å². The van der Waals surface area contributed by atoms with E-state index in [0.717, 1.165) is 38.5 Å². The van der Waals surface area contributed by atoms with Crippen molar-refractivity contribution in [3.8, 4) is 0 Å². The Bertz CT molecular complexity index is 597. The molecule has 4 nitrogen and oxygen atoms in total. The fraction of sp³-hybridized carbons (Fsp3) is 0.294. The normalized spacial score (nSPS) is 15.3. The van der Waals surface area contributed by atoms with Crippen molar-refractivity contribution in [2.45, 2.75) is 13.1 Å². The molecule has 0 aliphatic carbocycles. The summed E-state index contributed by atoms with van der Waals surface area (Å²) < 4.78 is 0. The zero-order chi connectivity index (χ0) is 14.5. The summed E-state index contributed by atoms with van der Waals surface area (Å²) in [6.45, 7) is 8.56. The summed E-state index contributed by atoms with van der Waals surface area (Å²) in [5.41, 5.74) is 2.58. The van der Waals surface area contributed by atoms with Gasteiger partial charge in [-0.05, 0) is 23.8 Å². The van der Waals surface area contributed by atoms with Gasteiger partial charge in [0, 0.05) is 56.9 Å². The van der Waals surface area contributed by atoms with Gasteiger partial charge >= 0.3 is 0 Å². The lowest BCUT2D eigenvalue weighted by Gasteiger charge is -2.22. The van der Waals surface area contributed by atoms with Crippen LogP contribution in [0.4, 0.5) is 5.82 Å². The summed E-state index contributed by atoms with van der Waals surface area (Å²) in [7, 11) is 0. The van der Waals surface area contributed by atoms with Gasteiger partial charge in [0.05, 0.1) is 0 Å². The van der Waals surface area contributed by atoms with Crippen LogP contribution in [0.3, 0.4) is 0 Å². The smallest absolute Gasteiger partial charge is 0.133 e. The van der Waals surface area contributed by atoms with Crippen LogP contribution >= 0.6 is 0 Å². The summed E-state index contributed by atoms with van der Waals surface area (Å²) >= 11 is 0. The first-order valence-corrected chi connectivity index (χ1v) is 7.28. The Kier molecular flexibility index (Phi) is 4.26. The maximum absolute atomic E-state index is 4.56. The molecule has 1 aliphatic heterocycles. The summed E-state index contributed by atoms with van der Waals surface area (Å²) in [4.78, 5) is 13.4. The summed E-state index contributed by atoms with van der Waals surface area (Å²) in [5.74, 6) is 1.09. The molecule has 0 saturated carbocycles. The van der Waals surface area contributed by atoms with E-state index in [-0.39, 0.29) is 0 Å². The number of anilines is 1. The molecule has 0 unspecified atom stereocenters. The summed E-state index contributed by atoms with van der Waals surface area (Å²) in [6.07, 6.45) is 7.52. The van der Waals surface area contributed by atoms with Crippen LogP contribution in [0.15, 0.2) is 55.5 Å².